The quantitative estimate of drug-likeness (QED) is 0.480. The maximum absolute atomic E-state index is 12.7. The highest BCUT2D eigenvalue weighted by Crippen LogP contribution is 2.22. The lowest BCUT2D eigenvalue weighted by Gasteiger charge is -2.13. The predicted octanol–water partition coefficient (Wildman–Crippen LogP) is 3.17. The molecule has 0 saturated carbocycles. The molecule has 1 saturated heterocycles. The number of nitrogens with zero attached hydrogens (tertiary/aromatic N) is 1. The van der Waals surface area contributed by atoms with Gasteiger partial charge in [0.05, 0.1) is 5.69 Å². The highest BCUT2D eigenvalue weighted by molar-refractivity contribution is 6.31. The fourth-order valence-corrected chi connectivity index (χ4v) is 3.04. The first-order valence-corrected chi connectivity index (χ1v) is 9.60. The number of hydrogen-bond donors (Lipinski definition) is 2. The van der Waals surface area contributed by atoms with E-state index < -0.39 is 11.8 Å². The number of hydrogen-bond acceptors (Lipinski definition) is 4. The molecule has 1 heterocycles. The van der Waals surface area contributed by atoms with Crippen molar-refractivity contribution in [1.82, 2.24) is 5.43 Å². The van der Waals surface area contributed by atoms with Crippen molar-refractivity contribution in [3.05, 3.63) is 96.1 Å². The van der Waals surface area contributed by atoms with Gasteiger partial charge in [-0.1, -0.05) is 48.5 Å². The Labute approximate surface area is 178 Å². The third kappa shape index (κ3) is 4.79. The molecule has 0 atom stereocenters. The number of carbonyl (C=O) groups is 3. The summed E-state index contributed by atoms with van der Waals surface area (Å²) in [5.41, 5.74) is 4.44. The normalized spacial score (nSPS) is 14.5. The number of nitrogens with one attached hydrogen (secondary N) is 2. The minimum atomic E-state index is -0.484. The van der Waals surface area contributed by atoms with Crippen molar-refractivity contribution < 1.29 is 19.1 Å². The van der Waals surface area contributed by atoms with Crippen LogP contribution >= 0.6 is 0 Å². The van der Waals surface area contributed by atoms with E-state index in [1.54, 1.807) is 60.7 Å². The Hall–Kier alpha value is -4.39. The lowest BCUT2D eigenvalue weighted by molar-refractivity contribution is -0.118. The van der Waals surface area contributed by atoms with E-state index in [1.807, 2.05) is 24.3 Å². The zero-order valence-corrected chi connectivity index (χ0v) is 16.4. The van der Waals surface area contributed by atoms with Crippen molar-refractivity contribution >= 4 is 35.2 Å². The molecule has 7 nitrogen and oxygen atoms in total. The molecule has 2 N–H and O–H groups in total. The van der Waals surface area contributed by atoms with Crippen LogP contribution in [0.1, 0.15) is 5.56 Å². The fraction of sp³-hybridized carbons (Fsp3) is 0.0417. The van der Waals surface area contributed by atoms with E-state index in [1.165, 1.54) is 11.1 Å². The molecule has 0 radical (unpaired) electrons. The zero-order valence-electron chi connectivity index (χ0n) is 16.4. The summed E-state index contributed by atoms with van der Waals surface area (Å²) in [4.78, 5) is 37.1. The van der Waals surface area contributed by atoms with Crippen LogP contribution in [-0.4, -0.2) is 24.3 Å². The highest BCUT2D eigenvalue weighted by atomic mass is 16.5. The van der Waals surface area contributed by atoms with Crippen LogP contribution in [0.2, 0.25) is 0 Å². The summed E-state index contributed by atoms with van der Waals surface area (Å²) >= 11 is 0. The average Bonchev–Trinajstić information content (AvgIpc) is 3.08. The predicted molar refractivity (Wildman–Crippen MR) is 117 cm³/mol. The largest absolute Gasteiger partial charge is 0.484 e. The smallest absolute Gasteiger partial charge is 0.282 e. The summed E-state index contributed by atoms with van der Waals surface area (Å²) < 4.78 is 5.55. The van der Waals surface area contributed by atoms with Crippen LogP contribution in [0.5, 0.6) is 5.75 Å². The number of anilines is 2. The van der Waals surface area contributed by atoms with Crippen molar-refractivity contribution in [2.24, 2.45) is 0 Å². The van der Waals surface area contributed by atoms with Gasteiger partial charge in [0.25, 0.3) is 17.7 Å². The first kappa shape index (κ1) is 19.9. The molecule has 1 aliphatic rings. The van der Waals surface area contributed by atoms with Crippen molar-refractivity contribution in [1.29, 1.82) is 0 Å². The monoisotopic (exact) mass is 413 g/mol. The number of amides is 3. The van der Waals surface area contributed by atoms with Crippen LogP contribution in [0.4, 0.5) is 11.4 Å². The van der Waals surface area contributed by atoms with Crippen LogP contribution in [-0.2, 0) is 14.4 Å². The molecule has 0 bridgehead atoms. The van der Waals surface area contributed by atoms with Gasteiger partial charge in [0, 0.05) is 5.69 Å². The van der Waals surface area contributed by atoms with Gasteiger partial charge in [-0.3, -0.25) is 19.8 Å². The second kappa shape index (κ2) is 8.96. The summed E-state index contributed by atoms with van der Waals surface area (Å²) in [6, 6.07) is 24.8. The number of hydrazine groups is 1. The van der Waals surface area contributed by atoms with E-state index in [4.69, 9.17) is 4.74 Å². The first-order valence-electron chi connectivity index (χ1n) is 9.60. The van der Waals surface area contributed by atoms with Gasteiger partial charge in [0.15, 0.2) is 6.61 Å². The Kier molecular flexibility index (Phi) is 5.75. The molecule has 7 heteroatoms. The van der Waals surface area contributed by atoms with E-state index in [2.05, 4.69) is 10.7 Å². The van der Waals surface area contributed by atoms with Gasteiger partial charge in [-0.15, -0.1) is 0 Å². The summed E-state index contributed by atoms with van der Waals surface area (Å²) in [5, 5.41) is 3.95. The molecule has 0 aliphatic carbocycles. The Morgan fingerprint density at radius 2 is 1.65 bits per heavy atom. The van der Waals surface area contributed by atoms with Gasteiger partial charge in [-0.05, 0) is 48.0 Å². The lowest BCUT2D eigenvalue weighted by Crippen LogP contribution is -2.35. The number of para-hydroxylation sites is 2. The molecular weight excluding hydrogens is 394 g/mol. The molecule has 31 heavy (non-hydrogen) atoms. The molecule has 154 valence electrons. The second-order valence-corrected chi connectivity index (χ2v) is 6.75. The maximum Gasteiger partial charge on any atom is 0.282 e. The number of rotatable bonds is 6. The summed E-state index contributed by atoms with van der Waals surface area (Å²) in [6.45, 7) is -0.171. The van der Waals surface area contributed by atoms with E-state index in [-0.39, 0.29) is 18.1 Å². The molecule has 0 spiro atoms. The Bertz CT molecular complexity index is 1140. The summed E-state index contributed by atoms with van der Waals surface area (Å²) in [7, 11) is 0. The minimum Gasteiger partial charge on any atom is -0.484 e. The summed E-state index contributed by atoms with van der Waals surface area (Å²) in [5.74, 6) is -0.769. The van der Waals surface area contributed by atoms with Crippen LogP contribution in [0.15, 0.2) is 90.5 Å². The standard InChI is InChI=1S/C24H19N3O4/c28-22(25-18-9-3-1-4-10-18)16-31-20-13-7-8-17(14-20)15-21-23(29)26-27(24(21)30)19-11-5-2-6-12-19/h1-15H,16H2,(H,25,28)(H,26,29). The fourth-order valence-electron chi connectivity index (χ4n) is 3.04. The molecule has 0 aromatic heterocycles. The third-order valence-corrected chi connectivity index (χ3v) is 4.50. The van der Waals surface area contributed by atoms with Crippen molar-refractivity contribution in [2.75, 3.05) is 16.9 Å². The third-order valence-electron chi connectivity index (χ3n) is 4.50. The van der Waals surface area contributed by atoms with Gasteiger partial charge in [0.1, 0.15) is 11.3 Å². The van der Waals surface area contributed by atoms with Crippen molar-refractivity contribution in [3.63, 3.8) is 0 Å². The van der Waals surface area contributed by atoms with Crippen LogP contribution in [0.3, 0.4) is 0 Å². The lowest BCUT2D eigenvalue weighted by atomic mass is 10.1. The van der Waals surface area contributed by atoms with Gasteiger partial charge in [0.2, 0.25) is 0 Å². The molecule has 3 aromatic carbocycles. The SMILES string of the molecule is O=C(COc1cccc(C=C2C(=O)NN(c3ccccc3)C2=O)c1)Nc1ccccc1. The van der Waals surface area contributed by atoms with E-state index in [9.17, 15) is 14.4 Å². The maximum atomic E-state index is 12.7. The highest BCUT2D eigenvalue weighted by Gasteiger charge is 2.34. The zero-order chi connectivity index (χ0) is 21.6. The van der Waals surface area contributed by atoms with E-state index >= 15 is 0 Å². The van der Waals surface area contributed by atoms with Gasteiger partial charge in [-0.25, -0.2) is 5.01 Å². The van der Waals surface area contributed by atoms with Crippen LogP contribution in [0, 0.1) is 0 Å². The van der Waals surface area contributed by atoms with E-state index in [0.717, 1.165) is 0 Å². The van der Waals surface area contributed by atoms with Crippen LogP contribution < -0.4 is 20.5 Å². The minimum absolute atomic E-state index is 0.0165. The molecule has 1 aliphatic heterocycles. The van der Waals surface area contributed by atoms with Crippen molar-refractivity contribution in [2.45, 2.75) is 0 Å². The second-order valence-electron chi connectivity index (χ2n) is 6.75. The van der Waals surface area contributed by atoms with Crippen LogP contribution in [0.25, 0.3) is 6.08 Å². The van der Waals surface area contributed by atoms with Gasteiger partial charge in [-0.2, -0.15) is 0 Å². The van der Waals surface area contributed by atoms with Crippen molar-refractivity contribution in [3.8, 4) is 5.75 Å². The Morgan fingerprint density at radius 3 is 2.39 bits per heavy atom. The van der Waals surface area contributed by atoms with E-state index in [0.29, 0.717) is 22.7 Å². The average molecular weight is 413 g/mol. The molecule has 1 fully saturated rings. The summed E-state index contributed by atoms with van der Waals surface area (Å²) in [6.07, 6.45) is 1.50. The topological polar surface area (TPSA) is 87.7 Å². The number of ether oxygens (including phenoxy) is 1. The molecule has 0 unspecified atom stereocenters. The Morgan fingerprint density at radius 1 is 0.935 bits per heavy atom. The molecular formula is C24H19N3O4. The molecule has 4 rings (SSSR count). The van der Waals surface area contributed by atoms with Gasteiger partial charge >= 0.3 is 0 Å². The number of benzene rings is 3. The molecule has 3 aromatic rings. The Balaban J connectivity index is 1.43. The number of carbonyl (C=O) groups excluding carboxylic acids is 3. The molecule has 3 amide bonds. The van der Waals surface area contributed by atoms with Gasteiger partial charge < -0.3 is 10.1 Å². The first-order chi connectivity index (χ1) is 15.1.